The SMILES string of the molecule is O=CC#CF. The summed E-state index contributed by atoms with van der Waals surface area (Å²) in [6.45, 7) is 0. The molecule has 0 radical (unpaired) electrons. The summed E-state index contributed by atoms with van der Waals surface area (Å²) in [5, 5.41) is 0. The van der Waals surface area contributed by atoms with Crippen molar-refractivity contribution in [2.75, 3.05) is 0 Å². The molecule has 0 amide bonds. The first kappa shape index (κ1) is 4.16. The van der Waals surface area contributed by atoms with Gasteiger partial charge in [0.05, 0.1) is 0 Å². The first-order valence-electron chi connectivity index (χ1n) is 0.963. The van der Waals surface area contributed by atoms with Crippen molar-refractivity contribution >= 4 is 6.29 Å². The fourth-order valence-electron chi connectivity index (χ4n) is 0.0223. The minimum atomic E-state index is 0.194. The van der Waals surface area contributed by atoms with E-state index in [1.165, 1.54) is 5.92 Å². The van der Waals surface area contributed by atoms with Gasteiger partial charge in [-0.05, 0) is 0 Å². The summed E-state index contributed by atoms with van der Waals surface area (Å²) in [4.78, 5) is 8.99. The lowest BCUT2D eigenvalue weighted by Gasteiger charge is -1.38. The fourth-order valence-corrected chi connectivity index (χ4v) is 0.0223. The van der Waals surface area contributed by atoms with Gasteiger partial charge >= 0.3 is 0 Å². The molecule has 0 atom stereocenters. The Morgan fingerprint density at radius 1 is 1.80 bits per heavy atom. The highest BCUT2D eigenvalue weighted by Gasteiger charge is 1.47. The number of rotatable bonds is 0. The predicted molar refractivity (Wildman–Crippen MR) is 14.9 cm³/mol. The Kier molecular flexibility index (Phi) is 2.63. The fraction of sp³-hybridized carbons (Fsp3) is 0. The molecule has 0 aliphatic rings. The van der Waals surface area contributed by atoms with E-state index in [2.05, 4.69) is 0 Å². The van der Waals surface area contributed by atoms with Crippen molar-refractivity contribution in [3.8, 4) is 12.1 Å². The molecule has 0 bridgehead atoms. The number of carbonyl (C=O) groups excluding carboxylic acids is 1. The first-order chi connectivity index (χ1) is 2.41. The smallest absolute Gasteiger partial charge is 0.195 e. The lowest BCUT2D eigenvalue weighted by atomic mass is 10.8. The van der Waals surface area contributed by atoms with Crippen LogP contribution < -0.4 is 0 Å². The molecule has 0 aromatic rings. The van der Waals surface area contributed by atoms with Crippen LogP contribution in [0.15, 0.2) is 0 Å². The molecule has 0 aliphatic carbocycles. The summed E-state index contributed by atoms with van der Waals surface area (Å²) >= 11 is 0. The van der Waals surface area contributed by atoms with Crippen molar-refractivity contribution in [3.63, 3.8) is 0 Å². The molecule has 2 heteroatoms. The van der Waals surface area contributed by atoms with E-state index in [9.17, 15) is 4.39 Å². The van der Waals surface area contributed by atoms with E-state index >= 15 is 0 Å². The molecule has 26 valence electrons. The van der Waals surface area contributed by atoms with Gasteiger partial charge in [0.25, 0.3) is 0 Å². The van der Waals surface area contributed by atoms with Crippen LogP contribution >= 0.6 is 0 Å². The number of hydrogen-bond donors (Lipinski definition) is 0. The average Bonchev–Trinajstić information content (AvgIpc) is 1.41. The Morgan fingerprint density at radius 2 is 2.40 bits per heavy atom. The Morgan fingerprint density at radius 3 is 2.40 bits per heavy atom. The Bertz CT molecular complexity index is 76.6. The molecular formula is C3HFO. The zero-order valence-corrected chi connectivity index (χ0v) is 2.36. The van der Waals surface area contributed by atoms with E-state index in [0.717, 1.165) is 6.17 Å². The summed E-state index contributed by atoms with van der Waals surface area (Å²) in [6, 6.07) is 0. The van der Waals surface area contributed by atoms with Gasteiger partial charge in [-0.2, -0.15) is 0 Å². The second-order valence-corrected chi connectivity index (χ2v) is 0.357. The highest BCUT2D eigenvalue weighted by molar-refractivity contribution is 5.71. The van der Waals surface area contributed by atoms with E-state index in [0.29, 0.717) is 0 Å². The van der Waals surface area contributed by atoms with Crippen LogP contribution in [-0.4, -0.2) is 6.29 Å². The molecule has 0 aromatic carbocycles. The van der Waals surface area contributed by atoms with Crippen LogP contribution in [0.1, 0.15) is 0 Å². The van der Waals surface area contributed by atoms with E-state index < -0.39 is 0 Å². The summed E-state index contributed by atoms with van der Waals surface area (Å²) in [5.74, 6) is 1.51. The molecule has 0 N–H and O–H groups in total. The van der Waals surface area contributed by atoms with Gasteiger partial charge in [-0.25, -0.2) is 0 Å². The van der Waals surface area contributed by atoms with Crippen molar-refractivity contribution in [1.82, 2.24) is 0 Å². The highest BCUT2D eigenvalue weighted by Crippen LogP contribution is 1.44. The lowest BCUT2D eigenvalue weighted by Crippen LogP contribution is -1.50. The molecule has 0 rings (SSSR count). The predicted octanol–water partition coefficient (Wildman–Crippen LogP) is 0.116. The zero-order valence-electron chi connectivity index (χ0n) is 2.36. The molecule has 0 fully saturated rings. The van der Waals surface area contributed by atoms with Crippen LogP contribution in [0.4, 0.5) is 4.39 Å². The summed E-state index contributed by atoms with van der Waals surface area (Å²) in [6.07, 6.45) is 1.09. The number of hydrogen-bond acceptors (Lipinski definition) is 1. The van der Waals surface area contributed by atoms with E-state index in [1.54, 1.807) is 0 Å². The quantitative estimate of drug-likeness (QED) is 0.293. The third-order valence-electron chi connectivity index (χ3n) is 0.113. The van der Waals surface area contributed by atoms with Gasteiger partial charge in [0, 0.05) is 5.92 Å². The van der Waals surface area contributed by atoms with Crippen molar-refractivity contribution in [1.29, 1.82) is 0 Å². The summed E-state index contributed by atoms with van der Waals surface area (Å²) < 4.78 is 10.4. The summed E-state index contributed by atoms with van der Waals surface area (Å²) in [7, 11) is 0. The molecular weight excluding hydrogens is 71.0 g/mol. The second kappa shape index (κ2) is 3.16. The van der Waals surface area contributed by atoms with Crippen LogP contribution in [0.3, 0.4) is 0 Å². The molecule has 0 saturated carbocycles. The van der Waals surface area contributed by atoms with Gasteiger partial charge in [0.15, 0.2) is 6.29 Å². The monoisotopic (exact) mass is 72.0 g/mol. The van der Waals surface area contributed by atoms with Gasteiger partial charge in [-0.1, -0.05) is 0 Å². The van der Waals surface area contributed by atoms with E-state index in [4.69, 9.17) is 4.79 Å². The van der Waals surface area contributed by atoms with E-state index in [-0.39, 0.29) is 6.29 Å². The minimum Gasteiger partial charge on any atom is -0.289 e. The molecule has 5 heavy (non-hydrogen) atoms. The first-order valence-corrected chi connectivity index (χ1v) is 0.963. The average molecular weight is 72.0 g/mol. The maximum atomic E-state index is 10.4. The molecule has 0 saturated heterocycles. The molecule has 0 aliphatic heterocycles. The van der Waals surface area contributed by atoms with Gasteiger partial charge in [-0.15, -0.1) is 4.39 Å². The van der Waals surface area contributed by atoms with Gasteiger partial charge < -0.3 is 0 Å². The van der Waals surface area contributed by atoms with Crippen LogP contribution in [0, 0.1) is 12.1 Å². The van der Waals surface area contributed by atoms with Gasteiger partial charge in [-0.3, -0.25) is 4.79 Å². The van der Waals surface area contributed by atoms with Crippen LogP contribution in [0.2, 0.25) is 0 Å². The number of halogens is 1. The van der Waals surface area contributed by atoms with Crippen LogP contribution in [0.25, 0.3) is 0 Å². The maximum absolute atomic E-state index is 10.4. The van der Waals surface area contributed by atoms with E-state index in [1.807, 2.05) is 0 Å². The highest BCUT2D eigenvalue weighted by atomic mass is 19.1. The minimum absolute atomic E-state index is 0.194. The van der Waals surface area contributed by atoms with Crippen LogP contribution in [0.5, 0.6) is 0 Å². The van der Waals surface area contributed by atoms with Crippen molar-refractivity contribution in [2.24, 2.45) is 0 Å². The van der Waals surface area contributed by atoms with Crippen molar-refractivity contribution in [2.45, 2.75) is 0 Å². The normalized spacial score (nSPS) is 4.20. The Hall–Kier alpha value is -0.840. The third kappa shape index (κ3) is 3.16. The molecule has 0 aromatic heterocycles. The zero-order chi connectivity index (χ0) is 4.12. The van der Waals surface area contributed by atoms with Crippen molar-refractivity contribution in [3.05, 3.63) is 0 Å². The Balaban J connectivity index is 3.16. The molecule has 0 heterocycles. The summed E-state index contributed by atoms with van der Waals surface area (Å²) in [5.41, 5.74) is 0. The van der Waals surface area contributed by atoms with Crippen molar-refractivity contribution < 1.29 is 9.18 Å². The van der Waals surface area contributed by atoms with Gasteiger partial charge in [0.1, 0.15) is 6.17 Å². The largest absolute Gasteiger partial charge is 0.289 e. The lowest BCUT2D eigenvalue weighted by molar-refractivity contribution is -0.103. The topological polar surface area (TPSA) is 17.1 Å². The molecule has 1 nitrogen and oxygen atoms in total. The standard InChI is InChI=1S/C3HFO/c4-2-1-3-5/h3H. The molecule has 0 unspecified atom stereocenters. The number of carbonyl (C=O) groups is 1. The second-order valence-electron chi connectivity index (χ2n) is 0.357. The van der Waals surface area contributed by atoms with Gasteiger partial charge in [0.2, 0.25) is 0 Å². The Labute approximate surface area is 28.8 Å². The van der Waals surface area contributed by atoms with Crippen LogP contribution in [-0.2, 0) is 4.79 Å². The maximum Gasteiger partial charge on any atom is 0.195 e. The number of aldehydes is 1. The third-order valence-corrected chi connectivity index (χ3v) is 0.113. The molecule has 0 spiro atoms.